The summed E-state index contributed by atoms with van der Waals surface area (Å²) >= 11 is 0. The van der Waals surface area contributed by atoms with Crippen molar-refractivity contribution in [1.29, 1.82) is 5.26 Å². The Hall–Kier alpha value is -1.91. The van der Waals surface area contributed by atoms with Gasteiger partial charge in [-0.2, -0.15) is 5.26 Å². The summed E-state index contributed by atoms with van der Waals surface area (Å²) in [4.78, 5) is 11.8. The minimum Gasteiger partial charge on any atom is -0.468 e. The van der Waals surface area contributed by atoms with E-state index < -0.39 is 27.4 Å². The van der Waals surface area contributed by atoms with Gasteiger partial charge in [-0.3, -0.25) is 4.79 Å². The molecule has 0 fully saturated rings. The van der Waals surface area contributed by atoms with Crippen LogP contribution in [-0.2, 0) is 25.3 Å². The number of benzene rings is 1. The van der Waals surface area contributed by atoms with Gasteiger partial charge in [-0.15, -0.1) is 0 Å². The summed E-state index contributed by atoms with van der Waals surface area (Å²) in [5.74, 6) is -0.951. The third-order valence-electron chi connectivity index (χ3n) is 3.01. The van der Waals surface area contributed by atoms with E-state index in [1.54, 1.807) is 39.0 Å². The van der Waals surface area contributed by atoms with Crippen LogP contribution in [0, 0.1) is 16.7 Å². The molecule has 0 saturated carbocycles. The molecular formula is C15H20N2O4S. The Morgan fingerprint density at radius 1 is 1.41 bits per heavy atom. The van der Waals surface area contributed by atoms with Crippen molar-refractivity contribution in [2.45, 2.75) is 32.6 Å². The highest BCUT2D eigenvalue weighted by atomic mass is 32.2. The molecule has 0 spiro atoms. The molecule has 22 heavy (non-hydrogen) atoms. The second-order valence-corrected chi connectivity index (χ2v) is 7.77. The average Bonchev–Trinajstić information content (AvgIpc) is 2.42. The molecule has 0 radical (unpaired) electrons. The predicted molar refractivity (Wildman–Crippen MR) is 82.2 cm³/mol. The molecule has 1 atom stereocenters. The van der Waals surface area contributed by atoms with Crippen LogP contribution in [0.25, 0.3) is 0 Å². The van der Waals surface area contributed by atoms with Crippen LogP contribution in [0.4, 0.5) is 0 Å². The van der Waals surface area contributed by atoms with Gasteiger partial charge < -0.3 is 4.74 Å². The van der Waals surface area contributed by atoms with Crippen LogP contribution >= 0.6 is 0 Å². The quantitative estimate of drug-likeness (QED) is 0.829. The van der Waals surface area contributed by atoms with Crippen molar-refractivity contribution in [3.05, 3.63) is 35.4 Å². The van der Waals surface area contributed by atoms with E-state index in [1.165, 1.54) is 13.2 Å². The SMILES string of the molecule is COC(=O)C(NS(=O)(=O)Cc1cccc(C#N)c1)C(C)(C)C. The molecule has 1 unspecified atom stereocenters. The van der Waals surface area contributed by atoms with E-state index in [0.29, 0.717) is 11.1 Å². The van der Waals surface area contributed by atoms with E-state index in [-0.39, 0.29) is 5.75 Å². The van der Waals surface area contributed by atoms with Crippen LogP contribution in [0.2, 0.25) is 0 Å². The molecule has 1 aromatic rings. The Morgan fingerprint density at radius 3 is 2.55 bits per heavy atom. The second-order valence-electron chi connectivity index (χ2n) is 6.01. The fourth-order valence-corrected chi connectivity index (χ4v) is 3.38. The number of ether oxygens (including phenoxy) is 1. The third kappa shape index (κ3) is 5.13. The van der Waals surface area contributed by atoms with Crippen molar-refractivity contribution >= 4 is 16.0 Å². The van der Waals surface area contributed by atoms with Gasteiger partial charge in [0.1, 0.15) is 6.04 Å². The molecule has 1 N–H and O–H groups in total. The van der Waals surface area contributed by atoms with Crippen molar-refractivity contribution in [2.24, 2.45) is 5.41 Å². The smallest absolute Gasteiger partial charge is 0.324 e. The standard InChI is InChI=1S/C15H20N2O4S/c1-15(2,3)13(14(18)21-4)17-22(19,20)10-12-7-5-6-11(8-12)9-16/h5-8,13,17H,10H2,1-4H3. The molecule has 0 saturated heterocycles. The van der Waals surface area contributed by atoms with Crippen LogP contribution in [0.3, 0.4) is 0 Å². The molecular weight excluding hydrogens is 304 g/mol. The topological polar surface area (TPSA) is 96.3 Å². The molecule has 0 bridgehead atoms. The van der Waals surface area contributed by atoms with Crippen molar-refractivity contribution < 1.29 is 17.9 Å². The summed E-state index contributed by atoms with van der Waals surface area (Å²) in [6.07, 6.45) is 0. The van der Waals surface area contributed by atoms with E-state index >= 15 is 0 Å². The molecule has 0 amide bonds. The molecule has 0 aromatic heterocycles. The third-order valence-corrected chi connectivity index (χ3v) is 4.32. The lowest BCUT2D eigenvalue weighted by molar-refractivity contribution is -0.145. The molecule has 0 aliphatic carbocycles. The van der Waals surface area contributed by atoms with Crippen molar-refractivity contribution in [2.75, 3.05) is 7.11 Å². The Balaban J connectivity index is 2.98. The molecule has 0 heterocycles. The van der Waals surface area contributed by atoms with Gasteiger partial charge in [0.25, 0.3) is 0 Å². The first-order chi connectivity index (χ1) is 10.1. The zero-order valence-corrected chi connectivity index (χ0v) is 13.9. The maximum Gasteiger partial charge on any atom is 0.324 e. The van der Waals surface area contributed by atoms with E-state index in [1.807, 2.05) is 6.07 Å². The summed E-state index contributed by atoms with van der Waals surface area (Å²) in [6.45, 7) is 5.23. The van der Waals surface area contributed by atoms with E-state index in [9.17, 15) is 13.2 Å². The highest BCUT2D eigenvalue weighted by molar-refractivity contribution is 7.88. The number of nitriles is 1. The number of nitrogens with zero attached hydrogens (tertiary/aromatic N) is 1. The van der Waals surface area contributed by atoms with Crippen molar-refractivity contribution in [3.63, 3.8) is 0 Å². The molecule has 1 rings (SSSR count). The number of esters is 1. The molecule has 6 nitrogen and oxygen atoms in total. The fourth-order valence-electron chi connectivity index (χ4n) is 1.87. The Labute approximate surface area is 131 Å². The number of carbonyl (C=O) groups is 1. The number of hydrogen-bond donors (Lipinski definition) is 1. The van der Waals surface area contributed by atoms with Crippen LogP contribution in [0.15, 0.2) is 24.3 Å². The Kier molecular flexibility index (Phi) is 5.69. The number of rotatable bonds is 5. The number of carbonyl (C=O) groups excluding carboxylic acids is 1. The van der Waals surface area contributed by atoms with Crippen LogP contribution in [0.5, 0.6) is 0 Å². The monoisotopic (exact) mass is 324 g/mol. The minimum atomic E-state index is -3.76. The van der Waals surface area contributed by atoms with Gasteiger partial charge in [-0.05, 0) is 23.1 Å². The summed E-state index contributed by atoms with van der Waals surface area (Å²) in [7, 11) is -2.54. The van der Waals surface area contributed by atoms with E-state index in [2.05, 4.69) is 9.46 Å². The normalized spacial score (nSPS) is 13.2. The van der Waals surface area contributed by atoms with Gasteiger partial charge >= 0.3 is 5.97 Å². The molecule has 1 aromatic carbocycles. The van der Waals surface area contributed by atoms with E-state index in [0.717, 1.165) is 0 Å². The maximum atomic E-state index is 12.3. The van der Waals surface area contributed by atoms with Crippen LogP contribution in [0.1, 0.15) is 31.9 Å². The summed E-state index contributed by atoms with van der Waals surface area (Å²) in [5, 5.41) is 8.84. The first kappa shape index (κ1) is 18.1. The second kappa shape index (κ2) is 6.90. The molecule has 120 valence electrons. The lowest BCUT2D eigenvalue weighted by Crippen LogP contribution is -2.49. The highest BCUT2D eigenvalue weighted by Gasteiger charge is 2.35. The largest absolute Gasteiger partial charge is 0.468 e. The molecule has 0 aliphatic rings. The van der Waals surface area contributed by atoms with Gasteiger partial charge in [-0.25, -0.2) is 13.1 Å². The Morgan fingerprint density at radius 2 is 2.05 bits per heavy atom. The number of sulfonamides is 1. The minimum absolute atomic E-state index is 0.313. The summed E-state index contributed by atoms with van der Waals surface area (Å²) in [6, 6.07) is 7.30. The molecule has 7 heteroatoms. The number of methoxy groups -OCH3 is 1. The fraction of sp³-hybridized carbons (Fsp3) is 0.467. The van der Waals surface area contributed by atoms with Gasteiger partial charge in [0, 0.05) is 0 Å². The number of hydrogen-bond acceptors (Lipinski definition) is 5. The maximum absolute atomic E-state index is 12.3. The first-order valence-corrected chi connectivity index (χ1v) is 8.31. The van der Waals surface area contributed by atoms with Gasteiger partial charge in [-0.1, -0.05) is 32.9 Å². The van der Waals surface area contributed by atoms with Gasteiger partial charge in [0.05, 0.1) is 24.5 Å². The highest BCUT2D eigenvalue weighted by Crippen LogP contribution is 2.21. The van der Waals surface area contributed by atoms with Crippen LogP contribution in [-0.4, -0.2) is 27.5 Å². The van der Waals surface area contributed by atoms with Crippen LogP contribution < -0.4 is 4.72 Å². The van der Waals surface area contributed by atoms with Crippen molar-refractivity contribution in [1.82, 2.24) is 4.72 Å². The summed E-state index contributed by atoms with van der Waals surface area (Å²) in [5.41, 5.74) is 0.228. The van der Waals surface area contributed by atoms with Gasteiger partial charge in [0.15, 0.2) is 0 Å². The van der Waals surface area contributed by atoms with E-state index in [4.69, 9.17) is 5.26 Å². The average molecular weight is 324 g/mol. The van der Waals surface area contributed by atoms with Gasteiger partial charge in [0.2, 0.25) is 10.0 Å². The Bertz CT molecular complexity index is 684. The lowest BCUT2D eigenvalue weighted by atomic mass is 9.87. The zero-order chi connectivity index (χ0) is 17.0. The van der Waals surface area contributed by atoms with Crippen molar-refractivity contribution in [3.8, 4) is 6.07 Å². The zero-order valence-electron chi connectivity index (χ0n) is 13.1. The summed E-state index contributed by atoms with van der Waals surface area (Å²) < 4.78 is 31.6. The molecule has 0 aliphatic heterocycles. The first-order valence-electron chi connectivity index (χ1n) is 6.66. The lowest BCUT2D eigenvalue weighted by Gasteiger charge is -2.28. The number of nitrogens with one attached hydrogen (secondary N) is 1. The predicted octanol–water partition coefficient (Wildman–Crippen LogP) is 1.57.